The molecular formula is C21H26Cl2N6O4S. The van der Waals surface area contributed by atoms with Gasteiger partial charge in [-0.3, -0.25) is 15.0 Å². The van der Waals surface area contributed by atoms with Crippen LogP contribution in [0.3, 0.4) is 0 Å². The third kappa shape index (κ3) is 6.29. The lowest BCUT2D eigenvalue weighted by Crippen LogP contribution is -2.51. The molecule has 2 amide bonds. The number of thiazole rings is 1. The van der Waals surface area contributed by atoms with Gasteiger partial charge in [0.2, 0.25) is 11.7 Å². The lowest BCUT2D eigenvalue weighted by atomic mass is 10.1. The largest absolute Gasteiger partial charge is 0.444 e. The maximum atomic E-state index is 13.2. The molecule has 1 aliphatic rings. The molecule has 1 fully saturated rings. The van der Waals surface area contributed by atoms with Crippen LogP contribution in [0.5, 0.6) is 0 Å². The van der Waals surface area contributed by atoms with E-state index in [2.05, 4.69) is 15.7 Å². The van der Waals surface area contributed by atoms with Crippen molar-refractivity contribution >= 4 is 69.0 Å². The van der Waals surface area contributed by atoms with Crippen molar-refractivity contribution < 1.29 is 19.1 Å². The van der Waals surface area contributed by atoms with Crippen LogP contribution < -0.4 is 16.5 Å². The first-order chi connectivity index (χ1) is 15.9. The van der Waals surface area contributed by atoms with Crippen molar-refractivity contribution in [1.29, 1.82) is 0 Å². The van der Waals surface area contributed by atoms with Gasteiger partial charge >= 0.3 is 6.09 Å². The first-order valence-corrected chi connectivity index (χ1v) is 12.0. The molecule has 0 atom stereocenters. The molecule has 34 heavy (non-hydrogen) atoms. The predicted molar refractivity (Wildman–Crippen MR) is 134 cm³/mol. The summed E-state index contributed by atoms with van der Waals surface area (Å²) in [6.07, 6.45) is -0.353. The van der Waals surface area contributed by atoms with E-state index in [4.69, 9.17) is 33.7 Å². The van der Waals surface area contributed by atoms with Crippen LogP contribution in [0, 0.1) is 0 Å². The summed E-state index contributed by atoms with van der Waals surface area (Å²) in [6.45, 7) is 8.79. The molecule has 0 saturated carbocycles. The Morgan fingerprint density at radius 3 is 2.38 bits per heavy atom. The van der Waals surface area contributed by atoms with Crippen molar-refractivity contribution in [2.45, 2.75) is 33.3 Å². The minimum atomic E-state index is -0.554. The van der Waals surface area contributed by atoms with Crippen LogP contribution in [0.4, 0.5) is 21.4 Å². The number of benzene rings is 1. The monoisotopic (exact) mass is 528 g/mol. The van der Waals surface area contributed by atoms with Crippen molar-refractivity contribution in [3.63, 3.8) is 0 Å². The number of nitrogens with one attached hydrogen (secondary N) is 2. The van der Waals surface area contributed by atoms with E-state index in [1.165, 1.54) is 19.1 Å². The zero-order valence-electron chi connectivity index (χ0n) is 19.2. The standard InChI is InChI=1S/C21H26Cl2N6O4S/c1-11(30)25-13-6-5-12(22)14(15(13)23)16(31)17-18(24)26-19(34-17)27-29-9-7-28(8-10-29)20(32)33-21(2,3)4/h5-6H,7-10,24H2,1-4H3,(H,25,30)(H,26,27). The van der Waals surface area contributed by atoms with Crippen LogP contribution in [0.1, 0.15) is 42.9 Å². The third-order valence-corrected chi connectivity index (χ3v) is 6.36. The van der Waals surface area contributed by atoms with Gasteiger partial charge in [0.25, 0.3) is 0 Å². The summed E-state index contributed by atoms with van der Waals surface area (Å²) >= 11 is 13.6. The normalized spacial score (nSPS) is 14.6. The average molecular weight is 529 g/mol. The number of carbonyl (C=O) groups excluding carboxylic acids is 3. The number of halogens is 2. The van der Waals surface area contributed by atoms with Gasteiger partial charge in [0.1, 0.15) is 16.3 Å². The minimum Gasteiger partial charge on any atom is -0.444 e. The number of hydrogen-bond donors (Lipinski definition) is 3. The van der Waals surface area contributed by atoms with E-state index < -0.39 is 11.4 Å². The first-order valence-electron chi connectivity index (χ1n) is 10.4. The summed E-state index contributed by atoms with van der Waals surface area (Å²) in [5.41, 5.74) is 8.89. The van der Waals surface area contributed by atoms with Crippen molar-refractivity contribution in [3.8, 4) is 0 Å². The van der Waals surface area contributed by atoms with Crippen molar-refractivity contribution in [2.24, 2.45) is 0 Å². The van der Waals surface area contributed by atoms with Gasteiger partial charge < -0.3 is 20.7 Å². The second kappa shape index (κ2) is 10.3. The van der Waals surface area contributed by atoms with Gasteiger partial charge in [-0.15, -0.1) is 0 Å². The molecule has 0 unspecified atom stereocenters. The van der Waals surface area contributed by atoms with E-state index in [9.17, 15) is 14.4 Å². The topological polar surface area (TPSA) is 130 Å². The molecule has 0 radical (unpaired) electrons. The number of carbonyl (C=O) groups is 3. The van der Waals surface area contributed by atoms with Crippen LogP contribution in [-0.2, 0) is 9.53 Å². The zero-order valence-corrected chi connectivity index (χ0v) is 21.5. The Kier molecular flexibility index (Phi) is 7.91. The molecule has 3 rings (SSSR count). The lowest BCUT2D eigenvalue weighted by molar-refractivity contribution is -0.114. The summed E-state index contributed by atoms with van der Waals surface area (Å²) in [6, 6.07) is 3.00. The molecule has 1 aromatic carbocycles. The summed E-state index contributed by atoms with van der Waals surface area (Å²) in [4.78, 5) is 42.9. The number of aromatic nitrogens is 1. The number of ketones is 1. The second-order valence-corrected chi connectivity index (χ2v) is 10.4. The van der Waals surface area contributed by atoms with Crippen LogP contribution >= 0.6 is 34.5 Å². The van der Waals surface area contributed by atoms with E-state index in [0.717, 1.165) is 11.3 Å². The van der Waals surface area contributed by atoms with Crippen LogP contribution in [0.25, 0.3) is 0 Å². The van der Waals surface area contributed by atoms with Gasteiger partial charge in [-0.05, 0) is 32.9 Å². The van der Waals surface area contributed by atoms with Crippen LogP contribution in [0.2, 0.25) is 10.0 Å². The quantitative estimate of drug-likeness (QED) is 0.494. The Morgan fingerprint density at radius 2 is 1.79 bits per heavy atom. The van der Waals surface area contributed by atoms with E-state index in [1.807, 2.05) is 25.8 Å². The van der Waals surface area contributed by atoms with E-state index >= 15 is 0 Å². The lowest BCUT2D eigenvalue weighted by Gasteiger charge is -2.35. The number of anilines is 3. The number of nitrogen functional groups attached to an aromatic ring is 1. The number of piperazine rings is 1. The van der Waals surface area contributed by atoms with Gasteiger partial charge in [-0.2, -0.15) is 0 Å². The summed E-state index contributed by atoms with van der Waals surface area (Å²) < 4.78 is 5.41. The number of hydrogen-bond acceptors (Lipinski definition) is 9. The molecule has 1 aliphatic heterocycles. The molecule has 10 nitrogen and oxygen atoms in total. The van der Waals surface area contributed by atoms with E-state index in [0.29, 0.717) is 31.3 Å². The van der Waals surface area contributed by atoms with Gasteiger partial charge in [0, 0.05) is 33.1 Å². The smallest absolute Gasteiger partial charge is 0.410 e. The average Bonchev–Trinajstić information content (AvgIpc) is 3.09. The third-order valence-electron chi connectivity index (χ3n) is 4.67. The van der Waals surface area contributed by atoms with Crippen LogP contribution in [0.15, 0.2) is 12.1 Å². The summed E-state index contributed by atoms with van der Waals surface area (Å²) in [7, 11) is 0. The molecule has 0 aliphatic carbocycles. The Bertz CT molecular complexity index is 1110. The Balaban J connectivity index is 1.70. The second-order valence-electron chi connectivity index (χ2n) is 8.59. The number of amides is 2. The molecule has 1 saturated heterocycles. The van der Waals surface area contributed by atoms with Crippen LogP contribution in [-0.4, -0.2) is 64.5 Å². The fourth-order valence-corrected chi connectivity index (χ4v) is 4.61. The van der Waals surface area contributed by atoms with Gasteiger partial charge in [0.05, 0.1) is 21.3 Å². The fourth-order valence-electron chi connectivity index (χ4n) is 3.17. The van der Waals surface area contributed by atoms with E-state index in [1.54, 1.807) is 4.90 Å². The molecule has 4 N–H and O–H groups in total. The Hall–Kier alpha value is -2.60. The van der Waals surface area contributed by atoms with Gasteiger partial charge in [-0.25, -0.2) is 14.8 Å². The van der Waals surface area contributed by atoms with Crippen molar-refractivity contribution in [1.82, 2.24) is 14.9 Å². The predicted octanol–water partition coefficient (Wildman–Crippen LogP) is 4.10. The highest BCUT2D eigenvalue weighted by molar-refractivity contribution is 7.18. The fraction of sp³-hybridized carbons (Fsp3) is 0.429. The molecule has 2 aromatic rings. The number of nitrogens with two attached hydrogens (primary N) is 1. The molecule has 184 valence electrons. The molecule has 0 bridgehead atoms. The molecule has 1 aromatic heterocycles. The molecule has 2 heterocycles. The van der Waals surface area contributed by atoms with E-state index in [-0.39, 0.29) is 44.0 Å². The number of ether oxygens (including phenoxy) is 1. The zero-order chi connectivity index (χ0) is 25.2. The number of rotatable bonds is 5. The highest BCUT2D eigenvalue weighted by atomic mass is 35.5. The summed E-state index contributed by atoms with van der Waals surface area (Å²) in [5, 5.41) is 5.01. The summed E-state index contributed by atoms with van der Waals surface area (Å²) in [5.74, 6) is -0.805. The molecular weight excluding hydrogens is 503 g/mol. The molecule has 0 spiro atoms. The minimum absolute atomic E-state index is 0.0215. The van der Waals surface area contributed by atoms with Crippen molar-refractivity contribution in [2.75, 3.05) is 42.7 Å². The Morgan fingerprint density at radius 1 is 1.15 bits per heavy atom. The maximum Gasteiger partial charge on any atom is 0.410 e. The first kappa shape index (κ1) is 26.0. The SMILES string of the molecule is CC(=O)Nc1ccc(Cl)c(C(=O)c2sc(NN3CCN(C(=O)OC(C)(C)C)CC3)nc2N)c1Cl. The highest BCUT2D eigenvalue weighted by Gasteiger charge is 2.28. The van der Waals surface area contributed by atoms with Gasteiger partial charge in [0.15, 0.2) is 5.13 Å². The van der Waals surface area contributed by atoms with Gasteiger partial charge in [-0.1, -0.05) is 34.5 Å². The van der Waals surface area contributed by atoms with Crippen molar-refractivity contribution in [3.05, 3.63) is 32.6 Å². The number of nitrogens with zero attached hydrogens (tertiary/aromatic N) is 3. The molecule has 13 heteroatoms. The highest BCUT2D eigenvalue weighted by Crippen LogP contribution is 2.36. The maximum absolute atomic E-state index is 13.2. The number of hydrazine groups is 1. The Labute approximate surface area is 211 Å².